The van der Waals surface area contributed by atoms with E-state index in [4.69, 9.17) is 4.74 Å². The van der Waals surface area contributed by atoms with Crippen LogP contribution in [0.15, 0.2) is 77.7 Å². The highest BCUT2D eigenvalue weighted by Gasteiger charge is 2.28. The number of anilines is 2. The lowest BCUT2D eigenvalue weighted by Gasteiger charge is -2.28. The van der Waals surface area contributed by atoms with Gasteiger partial charge in [0.1, 0.15) is 12.3 Å². The zero-order valence-corrected chi connectivity index (χ0v) is 21.8. The molecule has 1 aliphatic heterocycles. The monoisotopic (exact) mass is 521 g/mol. The summed E-state index contributed by atoms with van der Waals surface area (Å²) in [6, 6.07) is 19.7. The second kappa shape index (κ2) is 11.5. The first-order valence-corrected chi connectivity index (χ1v) is 13.7. The quantitative estimate of drug-likeness (QED) is 0.472. The number of nitrogens with one attached hydrogen (secondary N) is 1. The number of benzene rings is 3. The van der Waals surface area contributed by atoms with Crippen LogP contribution >= 0.6 is 0 Å². The minimum atomic E-state index is -4.08. The fourth-order valence-corrected chi connectivity index (χ4v) is 5.69. The number of rotatable bonds is 8. The maximum absolute atomic E-state index is 13.6. The SMILES string of the molecule is COc1ccc(S(=O)(=O)N(CC(=O)Nc2ccccc2C(=O)N2CCCCC2)c2ccc(C)cc2)cc1. The highest BCUT2D eigenvalue weighted by atomic mass is 32.2. The fraction of sp³-hybridized carbons (Fsp3) is 0.286. The van der Waals surface area contributed by atoms with E-state index >= 15 is 0 Å². The van der Waals surface area contributed by atoms with Crippen LogP contribution in [-0.4, -0.2) is 51.9 Å². The van der Waals surface area contributed by atoms with Gasteiger partial charge in [-0.2, -0.15) is 0 Å². The van der Waals surface area contributed by atoms with Crippen molar-refractivity contribution in [2.75, 3.05) is 36.4 Å². The lowest BCUT2D eigenvalue weighted by Crippen LogP contribution is -2.39. The fourth-order valence-electron chi connectivity index (χ4n) is 4.27. The lowest BCUT2D eigenvalue weighted by molar-refractivity contribution is -0.114. The third kappa shape index (κ3) is 6.11. The molecule has 1 fully saturated rings. The molecule has 37 heavy (non-hydrogen) atoms. The molecule has 0 saturated carbocycles. The maximum Gasteiger partial charge on any atom is 0.264 e. The molecule has 1 aliphatic rings. The number of amides is 2. The molecule has 194 valence electrons. The Kier molecular flexibility index (Phi) is 8.13. The Balaban J connectivity index is 1.61. The summed E-state index contributed by atoms with van der Waals surface area (Å²) in [7, 11) is -2.58. The van der Waals surface area contributed by atoms with Crippen molar-refractivity contribution < 1.29 is 22.7 Å². The molecule has 1 N–H and O–H groups in total. The molecule has 0 aromatic heterocycles. The number of ether oxygens (including phenoxy) is 1. The Labute approximate surface area is 217 Å². The number of likely N-dealkylation sites (tertiary alicyclic amines) is 1. The number of sulfonamides is 1. The van der Waals surface area contributed by atoms with Crippen LogP contribution < -0.4 is 14.4 Å². The van der Waals surface area contributed by atoms with E-state index in [0.717, 1.165) is 29.1 Å². The van der Waals surface area contributed by atoms with E-state index in [-0.39, 0.29) is 10.8 Å². The van der Waals surface area contributed by atoms with Crippen LogP contribution in [0.2, 0.25) is 0 Å². The number of hydrogen-bond acceptors (Lipinski definition) is 5. The van der Waals surface area contributed by atoms with Crippen molar-refractivity contribution in [3.05, 3.63) is 83.9 Å². The third-order valence-electron chi connectivity index (χ3n) is 6.33. The highest BCUT2D eigenvalue weighted by molar-refractivity contribution is 7.92. The van der Waals surface area contributed by atoms with Crippen LogP contribution in [0.25, 0.3) is 0 Å². The molecule has 1 saturated heterocycles. The number of carbonyl (C=O) groups is 2. The van der Waals surface area contributed by atoms with Crippen molar-refractivity contribution in [3.63, 3.8) is 0 Å². The third-order valence-corrected chi connectivity index (χ3v) is 8.12. The summed E-state index contributed by atoms with van der Waals surface area (Å²) in [6.07, 6.45) is 3.00. The van der Waals surface area contributed by atoms with Gasteiger partial charge in [0.05, 0.1) is 28.9 Å². The van der Waals surface area contributed by atoms with Crippen LogP contribution in [0.1, 0.15) is 35.2 Å². The molecule has 0 radical (unpaired) electrons. The Morgan fingerprint density at radius 1 is 0.919 bits per heavy atom. The summed E-state index contributed by atoms with van der Waals surface area (Å²) in [4.78, 5) is 28.2. The van der Waals surface area contributed by atoms with Gasteiger partial charge in [0.25, 0.3) is 15.9 Å². The molecule has 4 rings (SSSR count). The molecular weight excluding hydrogens is 490 g/mol. The average Bonchev–Trinajstić information content (AvgIpc) is 2.92. The van der Waals surface area contributed by atoms with Crippen molar-refractivity contribution in [1.82, 2.24) is 4.90 Å². The van der Waals surface area contributed by atoms with Crippen molar-refractivity contribution in [2.45, 2.75) is 31.1 Å². The molecular formula is C28H31N3O5S. The van der Waals surface area contributed by atoms with Crippen LogP contribution in [-0.2, 0) is 14.8 Å². The molecule has 0 aliphatic carbocycles. The van der Waals surface area contributed by atoms with E-state index in [1.165, 1.54) is 19.2 Å². The Bertz CT molecular complexity index is 1350. The number of carbonyl (C=O) groups excluding carboxylic acids is 2. The predicted molar refractivity (Wildman–Crippen MR) is 144 cm³/mol. The van der Waals surface area contributed by atoms with Crippen molar-refractivity contribution >= 4 is 33.2 Å². The van der Waals surface area contributed by atoms with Gasteiger partial charge in [-0.05, 0) is 74.7 Å². The zero-order valence-electron chi connectivity index (χ0n) is 21.0. The molecule has 0 unspecified atom stereocenters. The van der Waals surface area contributed by atoms with Gasteiger partial charge in [-0.1, -0.05) is 29.8 Å². The van der Waals surface area contributed by atoms with Crippen LogP contribution in [0.5, 0.6) is 5.75 Å². The van der Waals surface area contributed by atoms with Crippen molar-refractivity contribution in [2.24, 2.45) is 0 Å². The van der Waals surface area contributed by atoms with Gasteiger partial charge < -0.3 is 15.0 Å². The minimum Gasteiger partial charge on any atom is -0.497 e. The first kappa shape index (κ1) is 26.2. The molecule has 1 heterocycles. The van der Waals surface area contributed by atoms with Gasteiger partial charge in [0, 0.05) is 13.1 Å². The molecule has 0 atom stereocenters. The average molecular weight is 522 g/mol. The second-order valence-electron chi connectivity index (χ2n) is 8.97. The topological polar surface area (TPSA) is 96.0 Å². The first-order valence-electron chi connectivity index (χ1n) is 12.2. The van der Waals surface area contributed by atoms with Gasteiger partial charge in [0.2, 0.25) is 5.91 Å². The Morgan fingerprint density at radius 2 is 1.57 bits per heavy atom. The van der Waals surface area contributed by atoms with E-state index in [1.54, 1.807) is 65.6 Å². The number of aryl methyl sites for hydroxylation is 1. The summed E-state index contributed by atoms with van der Waals surface area (Å²) in [5.74, 6) is -0.179. The van der Waals surface area contributed by atoms with Crippen LogP contribution in [0.4, 0.5) is 11.4 Å². The molecule has 8 nitrogen and oxygen atoms in total. The normalized spacial score (nSPS) is 13.6. The molecule has 3 aromatic carbocycles. The first-order chi connectivity index (χ1) is 17.8. The minimum absolute atomic E-state index is 0.0300. The van der Waals surface area contributed by atoms with E-state index in [9.17, 15) is 18.0 Å². The molecule has 0 bridgehead atoms. The van der Waals surface area contributed by atoms with Crippen LogP contribution in [0, 0.1) is 6.92 Å². The largest absolute Gasteiger partial charge is 0.497 e. The zero-order chi connectivity index (χ0) is 26.4. The summed E-state index contributed by atoms with van der Waals surface area (Å²) >= 11 is 0. The van der Waals surface area contributed by atoms with E-state index in [0.29, 0.717) is 35.8 Å². The van der Waals surface area contributed by atoms with E-state index < -0.39 is 22.5 Å². The Morgan fingerprint density at radius 3 is 2.22 bits per heavy atom. The predicted octanol–water partition coefficient (Wildman–Crippen LogP) is 4.46. The molecule has 0 spiro atoms. The number of hydrogen-bond donors (Lipinski definition) is 1. The van der Waals surface area contributed by atoms with Crippen molar-refractivity contribution in [1.29, 1.82) is 0 Å². The lowest BCUT2D eigenvalue weighted by atomic mass is 10.1. The number of nitrogens with zero attached hydrogens (tertiary/aromatic N) is 2. The van der Waals surface area contributed by atoms with Gasteiger partial charge in [0.15, 0.2) is 0 Å². The second-order valence-corrected chi connectivity index (χ2v) is 10.8. The van der Waals surface area contributed by atoms with Crippen molar-refractivity contribution in [3.8, 4) is 5.75 Å². The summed E-state index contributed by atoms with van der Waals surface area (Å²) in [5.41, 5.74) is 2.06. The van der Waals surface area contributed by atoms with Gasteiger partial charge in [-0.15, -0.1) is 0 Å². The standard InChI is InChI=1S/C28H31N3O5S/c1-21-10-12-22(13-11-21)31(37(34,35)24-16-14-23(36-2)15-17-24)20-27(32)29-26-9-5-4-8-25(26)28(33)30-18-6-3-7-19-30/h4-5,8-17H,3,6-7,18-20H2,1-2H3,(H,29,32). The maximum atomic E-state index is 13.6. The highest BCUT2D eigenvalue weighted by Crippen LogP contribution is 2.26. The smallest absolute Gasteiger partial charge is 0.264 e. The molecule has 3 aromatic rings. The van der Waals surface area contributed by atoms with Gasteiger partial charge in [-0.25, -0.2) is 8.42 Å². The summed E-state index contributed by atoms with van der Waals surface area (Å²) < 4.78 is 33.5. The summed E-state index contributed by atoms with van der Waals surface area (Å²) in [6.45, 7) is 2.80. The number of para-hydroxylation sites is 1. The Hall–Kier alpha value is -3.85. The molecule has 2 amide bonds. The summed E-state index contributed by atoms with van der Waals surface area (Å²) in [5, 5.41) is 2.77. The number of methoxy groups -OCH3 is 1. The molecule has 9 heteroatoms. The van der Waals surface area contributed by atoms with Gasteiger partial charge >= 0.3 is 0 Å². The van der Waals surface area contributed by atoms with E-state index in [1.807, 2.05) is 6.92 Å². The van der Waals surface area contributed by atoms with Crippen LogP contribution in [0.3, 0.4) is 0 Å². The number of piperidine rings is 1. The van der Waals surface area contributed by atoms with E-state index in [2.05, 4.69) is 5.32 Å². The van der Waals surface area contributed by atoms with Gasteiger partial charge in [-0.3, -0.25) is 13.9 Å².